The Balaban J connectivity index is 1.73. The number of methoxy groups -OCH3 is 1. The van der Waals surface area contributed by atoms with Gasteiger partial charge in [0.25, 0.3) is 0 Å². The molecule has 0 saturated carbocycles. The van der Waals surface area contributed by atoms with Crippen molar-refractivity contribution in [2.24, 2.45) is 0 Å². The van der Waals surface area contributed by atoms with Crippen LogP contribution in [-0.2, 0) is 14.3 Å². The van der Waals surface area contributed by atoms with Gasteiger partial charge in [0.05, 0.1) is 13.7 Å². The first-order valence-electron chi connectivity index (χ1n) is 11.1. The summed E-state index contributed by atoms with van der Waals surface area (Å²) in [5, 5.41) is 8.41. The smallest absolute Gasteiger partial charge is 0.407 e. The number of carbonyl (C=O) groups excluding carboxylic acids is 3. The van der Waals surface area contributed by atoms with Crippen LogP contribution in [0.3, 0.4) is 0 Å². The molecule has 0 aromatic heterocycles. The predicted molar refractivity (Wildman–Crippen MR) is 123 cm³/mol. The van der Waals surface area contributed by atoms with Crippen LogP contribution < -0.4 is 20.7 Å². The predicted octanol–water partition coefficient (Wildman–Crippen LogP) is 2.52. The Morgan fingerprint density at radius 2 is 1.78 bits per heavy atom. The Bertz CT molecular complexity index is 761. The van der Waals surface area contributed by atoms with E-state index >= 15 is 0 Å². The summed E-state index contributed by atoms with van der Waals surface area (Å²) >= 11 is 0. The molecule has 0 aliphatic carbocycles. The molecule has 2 rings (SSSR count). The number of alkyl carbamates (subject to hydrolysis) is 1. The van der Waals surface area contributed by atoms with Crippen LogP contribution in [0.25, 0.3) is 0 Å². The maximum atomic E-state index is 12.5. The van der Waals surface area contributed by atoms with E-state index in [0.717, 1.165) is 37.2 Å². The Labute approximate surface area is 190 Å². The fourth-order valence-electron chi connectivity index (χ4n) is 3.47. The summed E-state index contributed by atoms with van der Waals surface area (Å²) in [6.45, 7) is 7.12. The average molecular weight is 449 g/mol. The lowest BCUT2D eigenvalue weighted by atomic mass is 10.0. The van der Waals surface area contributed by atoms with Gasteiger partial charge in [-0.15, -0.1) is 0 Å². The number of ether oxygens (including phenoxy) is 2. The number of carbonyl (C=O) groups is 3. The van der Waals surface area contributed by atoms with E-state index in [9.17, 15) is 14.4 Å². The molecule has 1 aliphatic rings. The van der Waals surface area contributed by atoms with Crippen molar-refractivity contribution in [3.05, 3.63) is 24.3 Å². The Hall–Kier alpha value is -2.81. The van der Waals surface area contributed by atoms with E-state index in [4.69, 9.17) is 9.47 Å². The van der Waals surface area contributed by atoms with Gasteiger partial charge in [0, 0.05) is 31.2 Å². The topological polar surface area (TPSA) is 109 Å². The lowest BCUT2D eigenvalue weighted by Crippen LogP contribution is -2.49. The number of likely N-dealkylation sites (tertiary alicyclic amines) is 1. The van der Waals surface area contributed by atoms with E-state index in [1.807, 2.05) is 0 Å². The van der Waals surface area contributed by atoms with Crippen molar-refractivity contribution >= 4 is 23.6 Å². The van der Waals surface area contributed by atoms with Crippen LogP contribution in [0.4, 0.5) is 10.5 Å². The number of nitrogens with zero attached hydrogens (tertiary/aromatic N) is 1. The summed E-state index contributed by atoms with van der Waals surface area (Å²) in [6.07, 6.45) is 2.65. The Morgan fingerprint density at radius 3 is 2.44 bits per heavy atom. The third kappa shape index (κ3) is 9.55. The first-order valence-corrected chi connectivity index (χ1v) is 11.1. The Morgan fingerprint density at radius 1 is 1.06 bits per heavy atom. The molecule has 1 fully saturated rings. The quantitative estimate of drug-likeness (QED) is 0.536. The van der Waals surface area contributed by atoms with Crippen LogP contribution in [0.5, 0.6) is 5.75 Å². The molecule has 178 valence electrons. The highest BCUT2D eigenvalue weighted by Crippen LogP contribution is 2.18. The van der Waals surface area contributed by atoms with Crippen LogP contribution in [0.15, 0.2) is 24.3 Å². The molecule has 1 unspecified atom stereocenters. The minimum absolute atomic E-state index is 0.0880. The average Bonchev–Trinajstić information content (AvgIpc) is 2.72. The van der Waals surface area contributed by atoms with E-state index in [1.165, 1.54) is 0 Å². The van der Waals surface area contributed by atoms with E-state index in [2.05, 4.69) is 20.9 Å². The number of hydrogen-bond donors (Lipinski definition) is 3. The van der Waals surface area contributed by atoms with Gasteiger partial charge in [0.2, 0.25) is 11.8 Å². The minimum atomic E-state index is -0.573. The molecule has 1 aromatic carbocycles. The fourth-order valence-corrected chi connectivity index (χ4v) is 3.47. The van der Waals surface area contributed by atoms with Crippen molar-refractivity contribution in [1.29, 1.82) is 0 Å². The second-order valence-corrected chi connectivity index (χ2v) is 8.88. The number of hydrogen-bond acceptors (Lipinski definition) is 6. The molecule has 1 aromatic rings. The van der Waals surface area contributed by atoms with Crippen molar-refractivity contribution in [3.8, 4) is 5.75 Å². The zero-order valence-corrected chi connectivity index (χ0v) is 19.5. The monoisotopic (exact) mass is 448 g/mol. The van der Waals surface area contributed by atoms with Gasteiger partial charge in [-0.25, -0.2) is 4.79 Å². The molecule has 1 atom stereocenters. The van der Waals surface area contributed by atoms with Crippen molar-refractivity contribution < 1.29 is 23.9 Å². The molecule has 0 spiro atoms. The first-order chi connectivity index (χ1) is 15.2. The van der Waals surface area contributed by atoms with Crippen LogP contribution in [-0.4, -0.2) is 67.7 Å². The van der Waals surface area contributed by atoms with Gasteiger partial charge in [0.1, 0.15) is 11.4 Å². The van der Waals surface area contributed by atoms with Gasteiger partial charge in [-0.3, -0.25) is 14.5 Å². The summed E-state index contributed by atoms with van der Waals surface area (Å²) < 4.78 is 10.3. The summed E-state index contributed by atoms with van der Waals surface area (Å²) in [5.74, 6) is 0.500. The van der Waals surface area contributed by atoms with Crippen LogP contribution in [0.2, 0.25) is 0 Å². The summed E-state index contributed by atoms with van der Waals surface area (Å²) in [4.78, 5) is 38.4. The van der Waals surface area contributed by atoms with Crippen molar-refractivity contribution in [3.63, 3.8) is 0 Å². The number of amides is 3. The molecule has 3 amide bonds. The SMILES string of the molecule is COc1ccc(NC(=O)CN2CCCCC2CNC(=O)CCNC(=O)OC(C)(C)C)cc1. The summed E-state index contributed by atoms with van der Waals surface area (Å²) in [7, 11) is 1.60. The van der Waals surface area contributed by atoms with Crippen LogP contribution >= 0.6 is 0 Å². The van der Waals surface area contributed by atoms with Gasteiger partial charge in [-0.2, -0.15) is 0 Å². The van der Waals surface area contributed by atoms with E-state index in [-0.39, 0.29) is 37.4 Å². The summed E-state index contributed by atoms with van der Waals surface area (Å²) in [5.41, 5.74) is 0.145. The van der Waals surface area contributed by atoms with Crippen molar-refractivity contribution in [2.45, 2.75) is 58.1 Å². The molecule has 0 radical (unpaired) electrons. The number of benzene rings is 1. The van der Waals surface area contributed by atoms with Crippen LogP contribution in [0, 0.1) is 0 Å². The first kappa shape index (κ1) is 25.5. The molecule has 0 bridgehead atoms. The molecular formula is C23H36N4O5. The lowest BCUT2D eigenvalue weighted by Gasteiger charge is -2.35. The zero-order chi connectivity index (χ0) is 23.6. The van der Waals surface area contributed by atoms with Crippen LogP contribution in [0.1, 0.15) is 46.5 Å². The van der Waals surface area contributed by atoms with Gasteiger partial charge >= 0.3 is 6.09 Å². The molecule has 9 nitrogen and oxygen atoms in total. The maximum absolute atomic E-state index is 12.5. The highest BCUT2D eigenvalue weighted by atomic mass is 16.6. The number of rotatable bonds is 9. The molecule has 32 heavy (non-hydrogen) atoms. The Kier molecular flexibility index (Phi) is 9.77. The second-order valence-electron chi connectivity index (χ2n) is 8.88. The van der Waals surface area contributed by atoms with E-state index in [0.29, 0.717) is 6.54 Å². The fraction of sp³-hybridized carbons (Fsp3) is 0.609. The molecule has 1 heterocycles. The standard InChI is InChI=1S/C23H36N4O5/c1-23(2,3)32-22(30)24-13-12-20(28)25-15-18-7-5-6-14-27(18)16-21(29)26-17-8-10-19(31-4)11-9-17/h8-11,18H,5-7,12-16H2,1-4H3,(H,24,30)(H,25,28)(H,26,29). The molecule has 9 heteroatoms. The lowest BCUT2D eigenvalue weighted by molar-refractivity contribution is -0.121. The largest absolute Gasteiger partial charge is 0.497 e. The number of nitrogens with one attached hydrogen (secondary N) is 3. The van der Waals surface area contributed by atoms with Gasteiger partial charge in [-0.05, 0) is 64.4 Å². The van der Waals surface area contributed by atoms with E-state index in [1.54, 1.807) is 52.1 Å². The normalized spacial score (nSPS) is 16.7. The molecule has 1 saturated heterocycles. The third-order valence-electron chi connectivity index (χ3n) is 5.02. The minimum Gasteiger partial charge on any atom is -0.497 e. The highest BCUT2D eigenvalue weighted by molar-refractivity contribution is 5.92. The molecule has 1 aliphatic heterocycles. The number of anilines is 1. The molecular weight excluding hydrogens is 412 g/mol. The van der Waals surface area contributed by atoms with Gasteiger partial charge in [-0.1, -0.05) is 6.42 Å². The van der Waals surface area contributed by atoms with Gasteiger partial charge in [0.15, 0.2) is 0 Å². The molecule has 3 N–H and O–H groups in total. The highest BCUT2D eigenvalue weighted by Gasteiger charge is 2.25. The summed E-state index contributed by atoms with van der Waals surface area (Å²) in [6, 6.07) is 7.30. The zero-order valence-electron chi connectivity index (χ0n) is 19.5. The van der Waals surface area contributed by atoms with Crippen molar-refractivity contribution in [1.82, 2.24) is 15.5 Å². The maximum Gasteiger partial charge on any atom is 0.407 e. The van der Waals surface area contributed by atoms with E-state index < -0.39 is 11.7 Å². The third-order valence-corrected chi connectivity index (χ3v) is 5.02. The van der Waals surface area contributed by atoms with Crippen molar-refractivity contribution in [2.75, 3.05) is 38.6 Å². The van der Waals surface area contributed by atoms with Gasteiger partial charge < -0.3 is 25.4 Å². The second kappa shape index (κ2) is 12.3. The number of piperidine rings is 1.